The van der Waals surface area contributed by atoms with Crippen LogP contribution in [0.25, 0.3) is 5.65 Å². The lowest BCUT2D eigenvalue weighted by Gasteiger charge is -2.31. The van der Waals surface area contributed by atoms with E-state index in [0.717, 1.165) is 31.1 Å². The van der Waals surface area contributed by atoms with Gasteiger partial charge >= 0.3 is 0 Å². The summed E-state index contributed by atoms with van der Waals surface area (Å²) in [5.74, 6) is 1.15. The molecule has 2 aromatic heterocycles. The molecule has 2 aromatic rings. The van der Waals surface area contributed by atoms with E-state index < -0.39 is 0 Å². The number of pyridine rings is 1. The van der Waals surface area contributed by atoms with E-state index in [1.807, 2.05) is 4.52 Å². The second kappa shape index (κ2) is 5.79. The van der Waals surface area contributed by atoms with Crippen LogP contribution in [0, 0.1) is 6.92 Å². The highest BCUT2D eigenvalue weighted by atomic mass is 15.4. The molecule has 0 aromatic carbocycles. The Morgan fingerprint density at radius 2 is 2.30 bits per heavy atom. The van der Waals surface area contributed by atoms with Crippen molar-refractivity contribution >= 4 is 11.5 Å². The Bertz CT molecular complexity index is 571. The third-order valence-corrected chi connectivity index (χ3v) is 4.06. The van der Waals surface area contributed by atoms with Crippen LogP contribution in [-0.4, -0.2) is 40.3 Å². The van der Waals surface area contributed by atoms with Crippen molar-refractivity contribution in [2.45, 2.75) is 39.2 Å². The summed E-state index contributed by atoms with van der Waals surface area (Å²) in [4.78, 5) is 6.71. The van der Waals surface area contributed by atoms with Crippen LogP contribution >= 0.6 is 0 Å². The van der Waals surface area contributed by atoms with E-state index in [9.17, 15) is 0 Å². The SMILES string of the molecule is CCN(CC1CCCCN1)c1cc(C)cc2ncnn12. The largest absolute Gasteiger partial charge is 0.355 e. The number of nitrogens with zero attached hydrogens (tertiary/aromatic N) is 4. The molecule has 1 saturated heterocycles. The van der Waals surface area contributed by atoms with Crippen LogP contribution in [0.5, 0.6) is 0 Å². The highest BCUT2D eigenvalue weighted by molar-refractivity contribution is 5.53. The number of piperidine rings is 1. The second-order valence-corrected chi connectivity index (χ2v) is 5.61. The Morgan fingerprint density at radius 1 is 1.40 bits per heavy atom. The number of fused-ring (bicyclic) bond motifs is 1. The van der Waals surface area contributed by atoms with Gasteiger partial charge in [-0.15, -0.1) is 0 Å². The maximum Gasteiger partial charge on any atom is 0.157 e. The summed E-state index contributed by atoms with van der Waals surface area (Å²) < 4.78 is 1.94. The van der Waals surface area contributed by atoms with Gasteiger partial charge in [0.2, 0.25) is 0 Å². The van der Waals surface area contributed by atoms with Crippen molar-refractivity contribution in [3.8, 4) is 0 Å². The van der Waals surface area contributed by atoms with Crippen molar-refractivity contribution in [1.29, 1.82) is 0 Å². The Morgan fingerprint density at radius 3 is 3.05 bits per heavy atom. The molecule has 0 radical (unpaired) electrons. The Kier molecular flexibility index (Phi) is 3.87. The molecule has 108 valence electrons. The van der Waals surface area contributed by atoms with E-state index in [2.05, 4.69) is 46.3 Å². The number of anilines is 1. The molecular weight excluding hydrogens is 250 g/mol. The van der Waals surface area contributed by atoms with E-state index in [-0.39, 0.29) is 0 Å². The summed E-state index contributed by atoms with van der Waals surface area (Å²) in [6.45, 7) is 7.49. The van der Waals surface area contributed by atoms with E-state index >= 15 is 0 Å². The summed E-state index contributed by atoms with van der Waals surface area (Å²) >= 11 is 0. The van der Waals surface area contributed by atoms with Crippen LogP contribution in [0.15, 0.2) is 18.5 Å². The van der Waals surface area contributed by atoms with Gasteiger partial charge in [0.05, 0.1) is 0 Å². The zero-order valence-electron chi connectivity index (χ0n) is 12.3. The van der Waals surface area contributed by atoms with Gasteiger partial charge in [-0.05, 0) is 50.9 Å². The fourth-order valence-electron chi connectivity index (χ4n) is 2.99. The van der Waals surface area contributed by atoms with E-state index in [1.165, 1.54) is 24.8 Å². The molecule has 1 atom stereocenters. The van der Waals surface area contributed by atoms with Gasteiger partial charge in [-0.3, -0.25) is 0 Å². The van der Waals surface area contributed by atoms with Crippen molar-refractivity contribution in [3.05, 3.63) is 24.0 Å². The van der Waals surface area contributed by atoms with E-state index in [1.54, 1.807) is 6.33 Å². The van der Waals surface area contributed by atoms with Crippen LogP contribution in [0.3, 0.4) is 0 Å². The molecule has 0 saturated carbocycles. The normalized spacial score (nSPS) is 19.4. The van der Waals surface area contributed by atoms with E-state index in [4.69, 9.17) is 0 Å². The first-order chi connectivity index (χ1) is 9.78. The lowest BCUT2D eigenvalue weighted by molar-refractivity contribution is 0.399. The highest BCUT2D eigenvalue weighted by Crippen LogP contribution is 2.19. The molecular formula is C15H23N5. The van der Waals surface area contributed by atoms with E-state index in [0.29, 0.717) is 6.04 Å². The summed E-state index contributed by atoms with van der Waals surface area (Å²) in [6.07, 6.45) is 5.54. The quantitative estimate of drug-likeness (QED) is 0.925. The lowest BCUT2D eigenvalue weighted by atomic mass is 10.0. The molecule has 1 unspecified atom stereocenters. The van der Waals surface area contributed by atoms with Crippen molar-refractivity contribution in [2.75, 3.05) is 24.5 Å². The highest BCUT2D eigenvalue weighted by Gasteiger charge is 2.18. The predicted octanol–water partition coefficient (Wildman–Crippen LogP) is 2.01. The molecule has 1 fully saturated rings. The molecule has 1 aliphatic heterocycles. The lowest BCUT2D eigenvalue weighted by Crippen LogP contribution is -2.44. The first-order valence-electron chi connectivity index (χ1n) is 7.56. The third kappa shape index (κ3) is 2.63. The van der Waals surface area contributed by atoms with Gasteiger partial charge in [-0.2, -0.15) is 9.61 Å². The monoisotopic (exact) mass is 273 g/mol. The molecule has 5 heteroatoms. The molecule has 3 rings (SSSR count). The molecule has 1 N–H and O–H groups in total. The van der Waals surface area contributed by atoms with Gasteiger partial charge in [0.25, 0.3) is 0 Å². The molecule has 0 aliphatic carbocycles. The Labute approximate surface area is 120 Å². The van der Waals surface area contributed by atoms with Crippen LogP contribution in [-0.2, 0) is 0 Å². The number of likely N-dealkylation sites (N-methyl/N-ethyl adjacent to an activating group) is 1. The summed E-state index contributed by atoms with van der Waals surface area (Å²) in [6, 6.07) is 4.86. The van der Waals surface area contributed by atoms with Crippen LogP contribution in [0.1, 0.15) is 31.7 Å². The number of rotatable bonds is 4. The Hall–Kier alpha value is -1.62. The second-order valence-electron chi connectivity index (χ2n) is 5.61. The first kappa shape index (κ1) is 13.4. The van der Waals surface area contributed by atoms with Gasteiger partial charge < -0.3 is 10.2 Å². The van der Waals surface area contributed by atoms with Gasteiger partial charge in [0.1, 0.15) is 12.1 Å². The number of aryl methyl sites for hydroxylation is 1. The minimum atomic E-state index is 0.586. The van der Waals surface area contributed by atoms with Crippen molar-refractivity contribution in [1.82, 2.24) is 19.9 Å². The average molecular weight is 273 g/mol. The molecule has 0 spiro atoms. The average Bonchev–Trinajstić information content (AvgIpc) is 2.93. The minimum Gasteiger partial charge on any atom is -0.355 e. The molecule has 3 heterocycles. The number of nitrogens with one attached hydrogen (secondary N) is 1. The van der Waals surface area contributed by atoms with Crippen LogP contribution < -0.4 is 10.2 Å². The zero-order chi connectivity index (χ0) is 13.9. The maximum atomic E-state index is 4.37. The number of hydrogen-bond donors (Lipinski definition) is 1. The summed E-state index contributed by atoms with van der Waals surface area (Å²) in [5, 5.41) is 7.99. The molecule has 1 aliphatic rings. The van der Waals surface area contributed by atoms with Crippen LogP contribution in [0.2, 0.25) is 0 Å². The molecule has 5 nitrogen and oxygen atoms in total. The fourth-order valence-corrected chi connectivity index (χ4v) is 2.99. The topological polar surface area (TPSA) is 45.5 Å². The Balaban J connectivity index is 1.88. The predicted molar refractivity (Wildman–Crippen MR) is 81.3 cm³/mol. The molecule has 20 heavy (non-hydrogen) atoms. The van der Waals surface area contributed by atoms with Gasteiger partial charge in [0, 0.05) is 19.1 Å². The maximum absolute atomic E-state index is 4.37. The minimum absolute atomic E-state index is 0.586. The molecule has 0 bridgehead atoms. The molecule has 0 amide bonds. The standard InChI is InChI=1S/C15H23N5/c1-3-19(10-13-6-4-5-7-16-13)15-9-12(2)8-14-17-11-18-20(14)15/h8-9,11,13,16H,3-7,10H2,1-2H3. The summed E-state index contributed by atoms with van der Waals surface area (Å²) in [5.41, 5.74) is 2.16. The van der Waals surface area contributed by atoms with Crippen molar-refractivity contribution < 1.29 is 0 Å². The van der Waals surface area contributed by atoms with Crippen molar-refractivity contribution in [2.24, 2.45) is 0 Å². The van der Waals surface area contributed by atoms with Crippen LogP contribution in [0.4, 0.5) is 5.82 Å². The summed E-state index contributed by atoms with van der Waals surface area (Å²) in [7, 11) is 0. The van der Waals surface area contributed by atoms with Gasteiger partial charge in [-0.1, -0.05) is 6.42 Å². The number of hydrogen-bond acceptors (Lipinski definition) is 4. The zero-order valence-corrected chi connectivity index (χ0v) is 12.3. The van der Waals surface area contributed by atoms with Crippen molar-refractivity contribution in [3.63, 3.8) is 0 Å². The van der Waals surface area contributed by atoms with Gasteiger partial charge in [0.15, 0.2) is 5.65 Å². The van der Waals surface area contributed by atoms with Gasteiger partial charge in [-0.25, -0.2) is 4.98 Å². The first-order valence-corrected chi connectivity index (χ1v) is 7.56. The third-order valence-electron chi connectivity index (χ3n) is 4.06. The number of aromatic nitrogens is 3. The fraction of sp³-hybridized carbons (Fsp3) is 0.600. The smallest absolute Gasteiger partial charge is 0.157 e.